The van der Waals surface area contributed by atoms with Gasteiger partial charge in [-0.2, -0.15) is 5.10 Å². The quantitative estimate of drug-likeness (QED) is 0.489. The van der Waals surface area contributed by atoms with Gasteiger partial charge in [0.25, 0.3) is 5.91 Å². The minimum Gasteiger partial charge on any atom is -0.378 e. The number of halogens is 1. The summed E-state index contributed by atoms with van der Waals surface area (Å²) in [5, 5.41) is 11.1. The van der Waals surface area contributed by atoms with Crippen LogP contribution >= 0.6 is 11.6 Å². The van der Waals surface area contributed by atoms with E-state index in [1.54, 1.807) is 6.20 Å². The number of nitrogens with one attached hydrogen (secondary N) is 2. The van der Waals surface area contributed by atoms with E-state index in [2.05, 4.69) is 58.3 Å². The Morgan fingerprint density at radius 1 is 1.18 bits per heavy atom. The molecule has 4 N–H and O–H groups in total. The van der Waals surface area contributed by atoms with Gasteiger partial charge in [-0.15, -0.1) is 0 Å². The summed E-state index contributed by atoms with van der Waals surface area (Å²) in [7, 11) is 0. The van der Waals surface area contributed by atoms with Gasteiger partial charge >= 0.3 is 0 Å². The van der Waals surface area contributed by atoms with Crippen molar-refractivity contribution in [1.82, 2.24) is 15.2 Å². The summed E-state index contributed by atoms with van der Waals surface area (Å²) in [6, 6.07) is 6.14. The lowest BCUT2D eigenvalue weighted by Crippen LogP contribution is -2.36. The highest BCUT2D eigenvalue weighted by molar-refractivity contribution is 6.33. The number of benzene rings is 1. The van der Waals surface area contributed by atoms with E-state index >= 15 is 0 Å². The Kier molecular flexibility index (Phi) is 6.85. The zero-order valence-electron chi connectivity index (χ0n) is 19.2. The van der Waals surface area contributed by atoms with Crippen LogP contribution in [0.5, 0.6) is 0 Å². The van der Waals surface area contributed by atoms with E-state index in [4.69, 9.17) is 22.1 Å². The number of hydrogen-bond donors (Lipinski definition) is 3. The molecule has 1 saturated heterocycles. The lowest BCUT2D eigenvalue weighted by molar-refractivity contribution is 0.100. The van der Waals surface area contributed by atoms with Crippen LogP contribution in [0.4, 0.5) is 11.6 Å². The standard InChI is InChI=1S/C24H29ClN6O2/c1-14-8-17(9-15(2)16(14)3)12-27-23-21(22(26)32)20(29-30-23)11-18-10-19(25)24(28-13-18)31-4-6-33-7-5-31/h8-10,13H,4-7,11-12H2,1-3H3,(H2,26,32)(H2,27,29,30). The van der Waals surface area contributed by atoms with Crippen molar-refractivity contribution >= 4 is 29.1 Å². The van der Waals surface area contributed by atoms with Crippen LogP contribution < -0.4 is 16.0 Å². The molecule has 1 fully saturated rings. The number of aromatic nitrogens is 3. The summed E-state index contributed by atoms with van der Waals surface area (Å²) in [4.78, 5) is 18.9. The number of rotatable bonds is 7. The topological polar surface area (TPSA) is 109 Å². The van der Waals surface area contributed by atoms with Crippen molar-refractivity contribution in [2.24, 2.45) is 5.73 Å². The van der Waals surface area contributed by atoms with Crippen LogP contribution in [-0.2, 0) is 17.7 Å². The molecule has 0 saturated carbocycles. The predicted molar refractivity (Wildman–Crippen MR) is 130 cm³/mol. The molecule has 174 valence electrons. The normalized spacial score (nSPS) is 13.9. The van der Waals surface area contributed by atoms with Crippen molar-refractivity contribution in [2.45, 2.75) is 33.7 Å². The summed E-state index contributed by atoms with van der Waals surface area (Å²) in [6.45, 7) is 9.67. The van der Waals surface area contributed by atoms with Crippen LogP contribution in [0, 0.1) is 20.8 Å². The highest BCUT2D eigenvalue weighted by Crippen LogP contribution is 2.27. The zero-order valence-corrected chi connectivity index (χ0v) is 19.9. The molecule has 0 unspecified atom stereocenters. The molecule has 2 aromatic heterocycles. The number of H-pyrrole nitrogens is 1. The van der Waals surface area contributed by atoms with E-state index in [1.165, 1.54) is 16.7 Å². The SMILES string of the molecule is Cc1cc(CNc2n[nH]c(Cc3cnc(N4CCOCC4)c(Cl)c3)c2C(N)=O)cc(C)c1C. The molecule has 0 aliphatic carbocycles. The number of nitrogens with two attached hydrogens (primary N) is 1. The summed E-state index contributed by atoms with van der Waals surface area (Å²) in [6.07, 6.45) is 2.18. The van der Waals surface area contributed by atoms with Crippen LogP contribution in [0.1, 0.15) is 43.9 Å². The van der Waals surface area contributed by atoms with E-state index in [1.807, 2.05) is 6.07 Å². The maximum Gasteiger partial charge on any atom is 0.254 e. The number of morpholine rings is 1. The first kappa shape index (κ1) is 23.1. The third kappa shape index (κ3) is 5.12. The lowest BCUT2D eigenvalue weighted by Gasteiger charge is -2.28. The molecule has 33 heavy (non-hydrogen) atoms. The van der Waals surface area contributed by atoms with Gasteiger partial charge in [0.15, 0.2) is 5.82 Å². The molecule has 0 bridgehead atoms. The second-order valence-corrected chi connectivity index (χ2v) is 8.83. The predicted octanol–water partition coefficient (Wildman–Crippen LogP) is 3.52. The van der Waals surface area contributed by atoms with Gasteiger partial charge in [-0.05, 0) is 54.7 Å². The molecule has 0 spiro atoms. The Labute approximate surface area is 198 Å². The molecule has 1 amide bonds. The molecule has 0 radical (unpaired) electrons. The van der Waals surface area contributed by atoms with Gasteiger partial charge in [0.1, 0.15) is 11.4 Å². The molecule has 1 aromatic carbocycles. The van der Waals surface area contributed by atoms with Crippen molar-refractivity contribution in [1.29, 1.82) is 0 Å². The molecule has 3 heterocycles. The second-order valence-electron chi connectivity index (χ2n) is 8.42. The largest absolute Gasteiger partial charge is 0.378 e. The van der Waals surface area contributed by atoms with Crippen LogP contribution in [0.2, 0.25) is 5.02 Å². The lowest BCUT2D eigenvalue weighted by atomic mass is 10.0. The van der Waals surface area contributed by atoms with Crippen LogP contribution in [0.25, 0.3) is 0 Å². The number of amides is 1. The third-order valence-corrected chi connectivity index (χ3v) is 6.38. The van der Waals surface area contributed by atoms with E-state index in [0.717, 1.165) is 30.0 Å². The Morgan fingerprint density at radius 2 is 1.88 bits per heavy atom. The van der Waals surface area contributed by atoms with Crippen molar-refractivity contribution in [3.05, 3.63) is 68.5 Å². The highest BCUT2D eigenvalue weighted by Gasteiger charge is 2.20. The number of primary amides is 1. The fraction of sp³-hybridized carbons (Fsp3) is 0.375. The van der Waals surface area contributed by atoms with Gasteiger partial charge < -0.3 is 20.7 Å². The highest BCUT2D eigenvalue weighted by atomic mass is 35.5. The van der Waals surface area contributed by atoms with Crippen molar-refractivity contribution < 1.29 is 9.53 Å². The molecular formula is C24H29ClN6O2. The first-order valence-corrected chi connectivity index (χ1v) is 11.4. The average Bonchev–Trinajstić information content (AvgIpc) is 3.19. The number of aromatic amines is 1. The molecule has 1 aliphatic heterocycles. The first-order valence-electron chi connectivity index (χ1n) is 11.0. The number of nitrogens with zero attached hydrogens (tertiary/aromatic N) is 3. The maximum atomic E-state index is 12.2. The van der Waals surface area contributed by atoms with Crippen molar-refractivity contribution in [3.63, 3.8) is 0 Å². The second kappa shape index (κ2) is 9.80. The monoisotopic (exact) mass is 468 g/mol. The zero-order chi connectivity index (χ0) is 23.5. The van der Waals surface area contributed by atoms with Crippen LogP contribution in [0.3, 0.4) is 0 Å². The minimum atomic E-state index is -0.540. The molecular weight excluding hydrogens is 440 g/mol. The fourth-order valence-electron chi connectivity index (χ4n) is 4.09. The molecule has 9 heteroatoms. The molecule has 0 atom stereocenters. The summed E-state index contributed by atoms with van der Waals surface area (Å²) in [5.41, 5.74) is 12.4. The molecule has 3 aromatic rings. The number of ether oxygens (including phenoxy) is 1. The van der Waals surface area contributed by atoms with Crippen LogP contribution in [-0.4, -0.2) is 47.4 Å². The summed E-state index contributed by atoms with van der Waals surface area (Å²) >= 11 is 6.52. The van der Waals surface area contributed by atoms with Gasteiger partial charge in [-0.3, -0.25) is 9.89 Å². The van der Waals surface area contributed by atoms with Gasteiger partial charge in [0.2, 0.25) is 0 Å². The minimum absolute atomic E-state index is 0.351. The van der Waals surface area contributed by atoms with Crippen LogP contribution in [0.15, 0.2) is 24.4 Å². The summed E-state index contributed by atoms with van der Waals surface area (Å²) < 4.78 is 5.39. The van der Waals surface area contributed by atoms with E-state index in [0.29, 0.717) is 48.3 Å². The van der Waals surface area contributed by atoms with Crippen molar-refractivity contribution in [3.8, 4) is 0 Å². The van der Waals surface area contributed by atoms with Gasteiger partial charge in [0, 0.05) is 32.3 Å². The van der Waals surface area contributed by atoms with Gasteiger partial charge in [-0.1, -0.05) is 23.7 Å². The van der Waals surface area contributed by atoms with Gasteiger partial charge in [0.05, 0.1) is 23.9 Å². The number of carbonyl (C=O) groups is 1. The average molecular weight is 469 g/mol. The number of hydrogen-bond acceptors (Lipinski definition) is 6. The smallest absolute Gasteiger partial charge is 0.254 e. The first-order chi connectivity index (χ1) is 15.8. The Morgan fingerprint density at radius 3 is 2.52 bits per heavy atom. The van der Waals surface area contributed by atoms with E-state index in [-0.39, 0.29) is 0 Å². The molecule has 1 aliphatic rings. The number of anilines is 2. The third-order valence-electron chi connectivity index (χ3n) is 6.10. The molecule has 8 nitrogen and oxygen atoms in total. The maximum absolute atomic E-state index is 12.2. The Bertz CT molecular complexity index is 1150. The summed E-state index contributed by atoms with van der Waals surface area (Å²) in [5.74, 6) is 0.647. The van der Waals surface area contributed by atoms with E-state index < -0.39 is 5.91 Å². The molecule has 4 rings (SSSR count). The van der Waals surface area contributed by atoms with Gasteiger partial charge in [-0.25, -0.2) is 4.98 Å². The number of carbonyl (C=O) groups excluding carboxylic acids is 1. The Hall–Kier alpha value is -3.10. The van der Waals surface area contributed by atoms with E-state index in [9.17, 15) is 4.79 Å². The van der Waals surface area contributed by atoms with Crippen molar-refractivity contribution in [2.75, 3.05) is 36.5 Å². The fourth-order valence-corrected chi connectivity index (χ4v) is 4.40. The Balaban J connectivity index is 1.51. The number of pyridine rings is 1. The number of aryl methyl sites for hydroxylation is 2.